The predicted octanol–water partition coefficient (Wildman–Crippen LogP) is 2.77. The number of rotatable bonds is 5. The first-order valence-electron chi connectivity index (χ1n) is 4.74. The molecule has 74 valence electrons. The van der Waals surface area contributed by atoms with Gasteiger partial charge in [0.1, 0.15) is 12.2 Å². The van der Waals surface area contributed by atoms with E-state index in [0.717, 1.165) is 5.82 Å². The van der Waals surface area contributed by atoms with Crippen LogP contribution >= 0.6 is 11.6 Å². The van der Waals surface area contributed by atoms with Crippen LogP contribution < -0.4 is 0 Å². The van der Waals surface area contributed by atoms with Gasteiger partial charge in [-0.25, -0.2) is 0 Å². The zero-order chi connectivity index (χ0) is 9.68. The van der Waals surface area contributed by atoms with Crippen LogP contribution in [0.15, 0.2) is 6.33 Å². The lowest BCUT2D eigenvalue weighted by Crippen LogP contribution is -2.07. The van der Waals surface area contributed by atoms with E-state index < -0.39 is 0 Å². The molecular weight excluding hydrogens is 186 g/mol. The van der Waals surface area contributed by atoms with Crippen molar-refractivity contribution in [2.75, 3.05) is 0 Å². The lowest BCUT2D eigenvalue weighted by Gasteiger charge is -2.13. The van der Waals surface area contributed by atoms with Crippen LogP contribution in [0.25, 0.3) is 0 Å². The summed E-state index contributed by atoms with van der Waals surface area (Å²) in [5.41, 5.74) is 0. The van der Waals surface area contributed by atoms with Crippen LogP contribution in [0.1, 0.15) is 45.0 Å². The molecule has 0 radical (unpaired) electrons. The number of nitrogens with zero attached hydrogens (tertiary/aromatic N) is 3. The Morgan fingerprint density at radius 3 is 3.00 bits per heavy atom. The summed E-state index contributed by atoms with van der Waals surface area (Å²) in [5.74, 6) is 1.31. The molecule has 0 aliphatic carbocycles. The van der Waals surface area contributed by atoms with Crippen LogP contribution in [0.5, 0.6) is 0 Å². The van der Waals surface area contributed by atoms with Crippen molar-refractivity contribution in [1.29, 1.82) is 0 Å². The van der Waals surface area contributed by atoms with Gasteiger partial charge in [0.2, 0.25) is 0 Å². The molecule has 0 saturated carbocycles. The molecule has 4 heteroatoms. The molecule has 0 aromatic carbocycles. The average Bonchev–Trinajstić information content (AvgIpc) is 2.61. The molecule has 1 aromatic heterocycles. The predicted molar refractivity (Wildman–Crippen MR) is 53.8 cm³/mol. The minimum atomic E-state index is 0.441. The summed E-state index contributed by atoms with van der Waals surface area (Å²) in [4.78, 5) is 0. The molecule has 0 aliphatic rings. The summed E-state index contributed by atoms with van der Waals surface area (Å²) in [6.45, 7) is 4.37. The van der Waals surface area contributed by atoms with Crippen molar-refractivity contribution >= 4 is 11.6 Å². The molecule has 1 aromatic rings. The van der Waals surface area contributed by atoms with Crippen LogP contribution in [-0.4, -0.2) is 14.8 Å². The fourth-order valence-electron chi connectivity index (χ4n) is 1.37. The summed E-state index contributed by atoms with van der Waals surface area (Å²) in [7, 11) is 0. The summed E-state index contributed by atoms with van der Waals surface area (Å²) in [6, 6.07) is 0.462. The lowest BCUT2D eigenvalue weighted by atomic mass is 10.1. The van der Waals surface area contributed by atoms with E-state index in [1.807, 2.05) is 0 Å². The number of hydrogen-bond acceptors (Lipinski definition) is 2. The Balaban J connectivity index is 2.59. The van der Waals surface area contributed by atoms with Gasteiger partial charge < -0.3 is 4.57 Å². The van der Waals surface area contributed by atoms with Gasteiger partial charge in [-0.3, -0.25) is 0 Å². The maximum absolute atomic E-state index is 5.73. The van der Waals surface area contributed by atoms with E-state index in [2.05, 4.69) is 28.6 Å². The molecular formula is C9H16ClN3. The Labute approximate surface area is 84.1 Å². The molecule has 0 N–H and O–H groups in total. The molecule has 1 heterocycles. The highest BCUT2D eigenvalue weighted by Gasteiger charge is 2.08. The van der Waals surface area contributed by atoms with E-state index in [-0.39, 0.29) is 0 Å². The Morgan fingerprint density at radius 2 is 2.38 bits per heavy atom. The third-order valence-corrected chi connectivity index (χ3v) is 2.46. The summed E-state index contributed by atoms with van der Waals surface area (Å²) in [6.07, 6.45) is 5.39. The van der Waals surface area contributed by atoms with Gasteiger partial charge in [-0.2, -0.15) is 0 Å². The Hall–Kier alpha value is -0.570. The smallest absolute Gasteiger partial charge is 0.148 e. The Morgan fingerprint density at radius 1 is 1.62 bits per heavy atom. The summed E-state index contributed by atoms with van der Waals surface area (Å²) >= 11 is 5.73. The van der Waals surface area contributed by atoms with Gasteiger partial charge in [-0.05, 0) is 13.3 Å². The highest BCUT2D eigenvalue weighted by molar-refractivity contribution is 6.16. The van der Waals surface area contributed by atoms with Crippen LogP contribution in [0.3, 0.4) is 0 Å². The number of halogens is 1. The van der Waals surface area contributed by atoms with Gasteiger partial charge >= 0.3 is 0 Å². The van der Waals surface area contributed by atoms with E-state index in [1.54, 1.807) is 6.33 Å². The van der Waals surface area contributed by atoms with E-state index >= 15 is 0 Å². The van der Waals surface area contributed by atoms with Crippen LogP contribution in [0.4, 0.5) is 0 Å². The standard InChI is InChI=1S/C9H16ClN3/c1-3-4-5-8(2)13-7-11-12-9(13)6-10/h7-8H,3-6H2,1-2H3. The number of hydrogen-bond donors (Lipinski definition) is 0. The molecule has 0 amide bonds. The van der Waals surface area contributed by atoms with Gasteiger partial charge in [0.05, 0.1) is 5.88 Å². The minimum absolute atomic E-state index is 0.441. The first-order chi connectivity index (χ1) is 6.29. The van der Waals surface area contributed by atoms with Gasteiger partial charge in [0.25, 0.3) is 0 Å². The molecule has 13 heavy (non-hydrogen) atoms. The van der Waals surface area contributed by atoms with E-state index in [1.165, 1.54) is 19.3 Å². The molecule has 1 unspecified atom stereocenters. The first kappa shape index (κ1) is 10.5. The van der Waals surface area contributed by atoms with E-state index in [9.17, 15) is 0 Å². The highest BCUT2D eigenvalue weighted by Crippen LogP contribution is 2.16. The fraction of sp³-hybridized carbons (Fsp3) is 0.778. The largest absolute Gasteiger partial charge is 0.314 e. The minimum Gasteiger partial charge on any atom is -0.314 e. The zero-order valence-electron chi connectivity index (χ0n) is 8.20. The first-order valence-corrected chi connectivity index (χ1v) is 5.27. The zero-order valence-corrected chi connectivity index (χ0v) is 8.96. The van der Waals surface area contributed by atoms with E-state index in [0.29, 0.717) is 11.9 Å². The second-order valence-corrected chi connectivity index (χ2v) is 3.55. The van der Waals surface area contributed by atoms with Crippen molar-refractivity contribution in [3.63, 3.8) is 0 Å². The van der Waals surface area contributed by atoms with Gasteiger partial charge in [-0.1, -0.05) is 19.8 Å². The molecule has 0 fully saturated rings. The molecule has 3 nitrogen and oxygen atoms in total. The SMILES string of the molecule is CCCCC(C)n1cnnc1CCl. The van der Waals surface area contributed by atoms with Crippen LogP contribution in [0.2, 0.25) is 0 Å². The fourth-order valence-corrected chi connectivity index (χ4v) is 1.56. The molecule has 0 saturated heterocycles. The van der Waals surface area contributed by atoms with Crippen molar-refractivity contribution in [2.45, 2.75) is 45.0 Å². The maximum atomic E-state index is 5.73. The van der Waals surface area contributed by atoms with Crippen molar-refractivity contribution in [2.24, 2.45) is 0 Å². The second kappa shape index (κ2) is 5.22. The topological polar surface area (TPSA) is 30.7 Å². The van der Waals surface area contributed by atoms with Gasteiger partial charge in [0, 0.05) is 6.04 Å². The van der Waals surface area contributed by atoms with E-state index in [4.69, 9.17) is 11.6 Å². The maximum Gasteiger partial charge on any atom is 0.148 e. The monoisotopic (exact) mass is 201 g/mol. The number of unbranched alkanes of at least 4 members (excludes halogenated alkanes) is 1. The van der Waals surface area contributed by atoms with Crippen molar-refractivity contribution in [3.05, 3.63) is 12.2 Å². The van der Waals surface area contributed by atoms with Crippen LogP contribution in [0, 0.1) is 0 Å². The number of aromatic nitrogens is 3. The number of alkyl halides is 1. The highest BCUT2D eigenvalue weighted by atomic mass is 35.5. The Bertz CT molecular complexity index is 247. The molecule has 1 rings (SSSR count). The van der Waals surface area contributed by atoms with Gasteiger partial charge in [-0.15, -0.1) is 21.8 Å². The van der Waals surface area contributed by atoms with Crippen LogP contribution in [-0.2, 0) is 5.88 Å². The third-order valence-electron chi connectivity index (χ3n) is 2.22. The van der Waals surface area contributed by atoms with Crippen molar-refractivity contribution < 1.29 is 0 Å². The normalized spacial score (nSPS) is 13.2. The van der Waals surface area contributed by atoms with Crippen molar-refractivity contribution in [1.82, 2.24) is 14.8 Å². The quantitative estimate of drug-likeness (QED) is 0.686. The lowest BCUT2D eigenvalue weighted by molar-refractivity contribution is 0.474. The Kier molecular flexibility index (Phi) is 4.22. The molecule has 1 atom stereocenters. The third kappa shape index (κ3) is 2.69. The average molecular weight is 202 g/mol. The summed E-state index contributed by atoms with van der Waals surface area (Å²) in [5, 5.41) is 7.80. The summed E-state index contributed by atoms with van der Waals surface area (Å²) < 4.78 is 2.06. The molecule has 0 aliphatic heterocycles. The molecule has 0 bridgehead atoms. The molecule has 0 spiro atoms. The van der Waals surface area contributed by atoms with Gasteiger partial charge in [0.15, 0.2) is 0 Å². The van der Waals surface area contributed by atoms with Crippen molar-refractivity contribution in [3.8, 4) is 0 Å². The second-order valence-electron chi connectivity index (χ2n) is 3.28.